The Balaban J connectivity index is 3.42. The van der Waals surface area contributed by atoms with Gasteiger partial charge in [0, 0.05) is 0 Å². The topological polar surface area (TPSA) is 0 Å². The molecule has 0 fully saturated rings. The summed E-state index contributed by atoms with van der Waals surface area (Å²) in [7, 11) is 0. The summed E-state index contributed by atoms with van der Waals surface area (Å²) in [6, 6.07) is 9.77. The van der Waals surface area contributed by atoms with Gasteiger partial charge in [0.05, 0.1) is 0 Å². The van der Waals surface area contributed by atoms with Crippen molar-refractivity contribution >= 4 is 40.7 Å². The van der Waals surface area contributed by atoms with Crippen LogP contribution in [0.15, 0.2) is 36.4 Å². The molecule has 1 aromatic rings. The van der Waals surface area contributed by atoms with Crippen LogP contribution in [0.4, 0.5) is 0 Å². The molecule has 0 nitrogen and oxygen atoms in total. The minimum atomic E-state index is -1.42. The van der Waals surface area contributed by atoms with Gasteiger partial charge < -0.3 is 0 Å². The Morgan fingerprint density at radius 2 is 0.857 bits per heavy atom. The molecular formula is C26H44Ga2. The van der Waals surface area contributed by atoms with Crippen molar-refractivity contribution in [3.8, 4) is 0 Å². The maximum absolute atomic E-state index is 2.59. The summed E-state index contributed by atoms with van der Waals surface area (Å²) in [6.45, 7) is 23.7. The van der Waals surface area contributed by atoms with Crippen LogP contribution in [-0.4, -0.2) is 32.4 Å². The molecule has 2 heteroatoms. The summed E-state index contributed by atoms with van der Waals surface area (Å²) in [5, 5.41) is 0. The van der Waals surface area contributed by atoms with Crippen molar-refractivity contribution in [1.82, 2.24) is 0 Å². The van der Waals surface area contributed by atoms with E-state index in [1.54, 1.807) is 8.25 Å². The summed E-state index contributed by atoms with van der Waals surface area (Å²) >= 11 is -2.83. The van der Waals surface area contributed by atoms with Crippen LogP contribution in [0.25, 0.3) is 8.25 Å². The van der Waals surface area contributed by atoms with Crippen LogP contribution in [-0.2, 0) is 0 Å². The Kier molecular flexibility index (Phi) is 10.6. The molecule has 0 amide bonds. The van der Waals surface area contributed by atoms with Gasteiger partial charge in [-0.05, 0) is 0 Å². The molecule has 0 aliphatic rings. The van der Waals surface area contributed by atoms with Gasteiger partial charge in [-0.1, -0.05) is 0 Å². The number of hydrogen-bond donors (Lipinski definition) is 0. The van der Waals surface area contributed by atoms with Gasteiger partial charge in [0.15, 0.2) is 0 Å². The Morgan fingerprint density at radius 1 is 0.607 bits per heavy atom. The number of hydrogen-bond acceptors (Lipinski definition) is 0. The fourth-order valence-corrected chi connectivity index (χ4v) is 16.1. The third-order valence-electron chi connectivity index (χ3n) is 5.58. The quantitative estimate of drug-likeness (QED) is 0.316. The van der Waals surface area contributed by atoms with E-state index in [0.717, 1.165) is 0 Å². The first-order valence-electron chi connectivity index (χ1n) is 11.5. The maximum atomic E-state index is 2.59. The average molecular weight is 496 g/mol. The van der Waals surface area contributed by atoms with Crippen LogP contribution >= 0.6 is 0 Å². The van der Waals surface area contributed by atoms with E-state index in [9.17, 15) is 0 Å². The molecule has 0 heterocycles. The number of benzene rings is 1. The zero-order chi connectivity index (χ0) is 21.5. The molecule has 0 spiro atoms. The SMILES string of the molecule is C[CH2][Ga]([CH2]C)/[C](=C/C(C)(C)C)c1ccc(/[C](=C\C(C)(C)C)[Ga]([CH2]C)[CH2]C)cc1. The van der Waals surface area contributed by atoms with Gasteiger partial charge in [-0.2, -0.15) is 0 Å². The molecule has 0 aliphatic heterocycles. The van der Waals surface area contributed by atoms with Gasteiger partial charge in [0.1, 0.15) is 0 Å². The van der Waals surface area contributed by atoms with Crippen molar-refractivity contribution in [3.63, 3.8) is 0 Å². The third-order valence-corrected chi connectivity index (χ3v) is 19.6. The zero-order valence-corrected chi connectivity index (χ0v) is 25.3. The average Bonchev–Trinajstić information content (AvgIpc) is 2.60. The van der Waals surface area contributed by atoms with Crippen LogP contribution in [0, 0.1) is 10.8 Å². The van der Waals surface area contributed by atoms with E-state index in [0.29, 0.717) is 0 Å². The van der Waals surface area contributed by atoms with Crippen LogP contribution in [0.3, 0.4) is 0 Å². The normalized spacial score (nSPS) is 13.6. The van der Waals surface area contributed by atoms with Crippen molar-refractivity contribution in [3.05, 3.63) is 47.5 Å². The van der Waals surface area contributed by atoms with E-state index < -0.39 is 32.4 Å². The molecule has 154 valence electrons. The number of allylic oxidation sites excluding steroid dienone is 2. The molecular weight excluding hydrogens is 452 g/mol. The van der Waals surface area contributed by atoms with Gasteiger partial charge in [-0.25, -0.2) is 0 Å². The van der Waals surface area contributed by atoms with Crippen molar-refractivity contribution < 1.29 is 0 Å². The molecule has 28 heavy (non-hydrogen) atoms. The van der Waals surface area contributed by atoms with Gasteiger partial charge in [0.25, 0.3) is 0 Å². The molecule has 0 atom stereocenters. The van der Waals surface area contributed by atoms with Gasteiger partial charge in [0.2, 0.25) is 0 Å². The van der Waals surface area contributed by atoms with Crippen LogP contribution in [0.5, 0.6) is 0 Å². The van der Waals surface area contributed by atoms with Gasteiger partial charge in [-0.15, -0.1) is 0 Å². The fourth-order valence-electron chi connectivity index (χ4n) is 4.12. The zero-order valence-electron chi connectivity index (χ0n) is 20.4. The fraction of sp³-hybridized carbons (Fsp3) is 0.615. The van der Waals surface area contributed by atoms with E-state index in [1.165, 1.54) is 31.0 Å². The van der Waals surface area contributed by atoms with Crippen LogP contribution in [0.2, 0.25) is 19.9 Å². The molecule has 0 aromatic heterocycles. The molecule has 1 rings (SSSR count). The molecule has 0 radical (unpaired) electrons. The van der Waals surface area contributed by atoms with E-state index in [2.05, 4.69) is 106 Å². The Labute approximate surface area is 187 Å². The summed E-state index contributed by atoms with van der Waals surface area (Å²) in [5.74, 6) is 0. The summed E-state index contributed by atoms with van der Waals surface area (Å²) < 4.78 is 3.45. The third kappa shape index (κ3) is 8.38. The minimum absolute atomic E-state index is 0.254. The standard InChI is InChI=1S/C18H24.4C2H5.2Ga/c1-17(2,3)13-11-15-7-9-16(10-8-15)12-14-18(4,5)6;4*1-2;;/h7-10,13-14H,1-6H3;4*1H2,2H3;;. The van der Waals surface area contributed by atoms with Crippen molar-refractivity contribution in [1.29, 1.82) is 0 Å². The second kappa shape index (κ2) is 11.4. The Morgan fingerprint density at radius 3 is 1.04 bits per heavy atom. The first-order chi connectivity index (χ1) is 13.0. The first kappa shape index (κ1) is 26.0. The molecule has 1 aromatic carbocycles. The molecule has 0 N–H and O–H groups in total. The van der Waals surface area contributed by atoms with Crippen molar-refractivity contribution in [2.45, 2.75) is 89.1 Å². The Hall–Kier alpha value is -0.0273. The van der Waals surface area contributed by atoms with Crippen molar-refractivity contribution in [2.75, 3.05) is 0 Å². The molecule has 0 saturated carbocycles. The van der Waals surface area contributed by atoms with Crippen molar-refractivity contribution in [2.24, 2.45) is 10.8 Å². The van der Waals surface area contributed by atoms with E-state index in [4.69, 9.17) is 0 Å². The van der Waals surface area contributed by atoms with Crippen LogP contribution in [0.1, 0.15) is 80.4 Å². The molecule has 0 aliphatic carbocycles. The van der Waals surface area contributed by atoms with Gasteiger partial charge >= 0.3 is 188 Å². The van der Waals surface area contributed by atoms with E-state index >= 15 is 0 Å². The second-order valence-corrected chi connectivity index (χ2v) is 25.8. The summed E-state index contributed by atoms with van der Waals surface area (Å²) in [6.07, 6.45) is 5.18. The number of rotatable bonds is 8. The summed E-state index contributed by atoms with van der Waals surface area (Å²) in [4.78, 5) is 5.58. The first-order valence-corrected chi connectivity index (χ1v) is 20.8. The molecule has 0 saturated heterocycles. The monoisotopic (exact) mass is 494 g/mol. The molecule has 0 bridgehead atoms. The predicted molar refractivity (Wildman–Crippen MR) is 135 cm³/mol. The van der Waals surface area contributed by atoms with E-state index in [-0.39, 0.29) is 10.8 Å². The summed E-state index contributed by atoms with van der Waals surface area (Å²) in [5.41, 5.74) is 3.51. The Bertz CT molecular complexity index is 584. The van der Waals surface area contributed by atoms with Crippen LogP contribution < -0.4 is 0 Å². The van der Waals surface area contributed by atoms with E-state index in [1.807, 2.05) is 0 Å². The molecule has 0 unspecified atom stereocenters. The predicted octanol–water partition coefficient (Wildman–Crippen LogP) is 8.69. The van der Waals surface area contributed by atoms with Gasteiger partial charge in [-0.3, -0.25) is 0 Å². The second-order valence-electron chi connectivity index (χ2n) is 10.5.